The fraction of sp³-hybridized carbons (Fsp3) is 0.647. The molecule has 5 N–H and O–H groups in total. The maximum atomic E-state index is 11.4. The molecule has 0 amide bonds. The van der Waals surface area contributed by atoms with Gasteiger partial charge in [-0.25, -0.2) is 4.79 Å². The van der Waals surface area contributed by atoms with Gasteiger partial charge in [0.25, 0.3) is 0 Å². The number of carboxylic acids is 1. The molecule has 134 valence electrons. The normalized spacial score (nSPS) is 24.8. The van der Waals surface area contributed by atoms with Crippen molar-refractivity contribution in [3.8, 4) is 5.75 Å². The number of carbonyl (C=O) groups is 1. The van der Waals surface area contributed by atoms with Gasteiger partial charge in [0, 0.05) is 24.4 Å². The van der Waals surface area contributed by atoms with Gasteiger partial charge in [0.05, 0.1) is 18.8 Å². The maximum absolute atomic E-state index is 11.4. The fourth-order valence-corrected chi connectivity index (χ4v) is 2.96. The molecule has 1 aliphatic carbocycles. The minimum atomic E-state index is -2.28. The predicted molar refractivity (Wildman–Crippen MR) is 87.6 cm³/mol. The summed E-state index contributed by atoms with van der Waals surface area (Å²) in [6.45, 7) is 1.59. The number of carboxylic acid groups (broad SMARTS) is 1. The van der Waals surface area contributed by atoms with Crippen LogP contribution in [0.5, 0.6) is 5.75 Å². The van der Waals surface area contributed by atoms with Gasteiger partial charge in [-0.1, -0.05) is 6.92 Å². The summed E-state index contributed by atoms with van der Waals surface area (Å²) in [4.78, 5) is 15.4. The van der Waals surface area contributed by atoms with Crippen LogP contribution in [0.2, 0.25) is 0 Å². The summed E-state index contributed by atoms with van der Waals surface area (Å²) in [5, 5.41) is 28.6. The second kappa shape index (κ2) is 7.92. The van der Waals surface area contributed by atoms with E-state index < -0.39 is 24.2 Å². The summed E-state index contributed by atoms with van der Waals surface area (Å²) < 4.78 is 5.96. The Morgan fingerprint density at radius 1 is 1.46 bits per heavy atom. The lowest BCUT2D eigenvalue weighted by molar-refractivity contribution is -0.162. The monoisotopic (exact) mass is 338 g/mol. The third kappa shape index (κ3) is 4.43. The number of pyridine rings is 1. The van der Waals surface area contributed by atoms with Crippen LogP contribution in [0.3, 0.4) is 0 Å². The van der Waals surface area contributed by atoms with E-state index in [-0.39, 0.29) is 12.5 Å². The Hall–Kier alpha value is -1.70. The van der Waals surface area contributed by atoms with E-state index >= 15 is 0 Å². The molecule has 7 heteroatoms. The molecule has 0 unspecified atom stereocenters. The first-order chi connectivity index (χ1) is 11.3. The zero-order chi connectivity index (χ0) is 17.7. The van der Waals surface area contributed by atoms with Gasteiger partial charge in [0.1, 0.15) is 5.75 Å². The third-order valence-electron chi connectivity index (χ3n) is 4.68. The first-order valence-corrected chi connectivity index (χ1v) is 8.29. The number of rotatable bonds is 7. The van der Waals surface area contributed by atoms with Crippen LogP contribution in [0, 0.1) is 5.92 Å². The molecule has 0 radical (unpaired) electrons. The van der Waals surface area contributed by atoms with E-state index in [1.165, 1.54) is 6.20 Å². The molecule has 0 spiro atoms. The van der Waals surface area contributed by atoms with Crippen LogP contribution < -0.4 is 10.5 Å². The molecular formula is C17H26N2O5. The highest BCUT2D eigenvalue weighted by Gasteiger charge is 2.42. The van der Waals surface area contributed by atoms with Crippen molar-refractivity contribution in [3.05, 3.63) is 24.0 Å². The van der Waals surface area contributed by atoms with E-state index in [1.807, 2.05) is 0 Å². The van der Waals surface area contributed by atoms with Crippen LogP contribution in [0.25, 0.3) is 0 Å². The highest BCUT2D eigenvalue weighted by molar-refractivity contribution is 5.78. The SMILES string of the molecule is CC1CCC(Oc2ccnc(C[C@](O)(C(=O)O)[C@@H](N)CO)c2)CC1. The number of nitrogens with zero attached hydrogens (tertiary/aromatic N) is 1. The topological polar surface area (TPSA) is 126 Å². The lowest BCUT2D eigenvalue weighted by Crippen LogP contribution is -2.57. The van der Waals surface area contributed by atoms with Crippen molar-refractivity contribution in [2.24, 2.45) is 11.7 Å². The van der Waals surface area contributed by atoms with Crippen molar-refractivity contribution in [1.29, 1.82) is 0 Å². The lowest BCUT2D eigenvalue weighted by atomic mass is 9.89. The summed E-state index contributed by atoms with van der Waals surface area (Å²) in [5.41, 5.74) is 3.64. The van der Waals surface area contributed by atoms with Gasteiger partial charge >= 0.3 is 5.97 Å². The molecule has 1 aliphatic rings. The molecule has 1 fully saturated rings. The highest BCUT2D eigenvalue weighted by Crippen LogP contribution is 2.27. The van der Waals surface area contributed by atoms with Crippen LogP contribution in [0.15, 0.2) is 18.3 Å². The minimum absolute atomic E-state index is 0.148. The zero-order valence-corrected chi connectivity index (χ0v) is 13.9. The van der Waals surface area contributed by atoms with E-state index in [9.17, 15) is 15.0 Å². The Kier molecular flexibility index (Phi) is 6.15. The van der Waals surface area contributed by atoms with E-state index in [1.54, 1.807) is 12.1 Å². The van der Waals surface area contributed by atoms with Crippen molar-refractivity contribution in [3.63, 3.8) is 0 Å². The van der Waals surface area contributed by atoms with Crippen LogP contribution >= 0.6 is 0 Å². The van der Waals surface area contributed by atoms with Crippen molar-refractivity contribution in [1.82, 2.24) is 4.98 Å². The Balaban J connectivity index is 2.07. The Morgan fingerprint density at radius 3 is 2.71 bits per heavy atom. The van der Waals surface area contributed by atoms with E-state index in [4.69, 9.17) is 15.6 Å². The van der Waals surface area contributed by atoms with Crippen LogP contribution in [-0.4, -0.2) is 50.6 Å². The van der Waals surface area contributed by atoms with Gasteiger partial charge in [-0.15, -0.1) is 0 Å². The van der Waals surface area contributed by atoms with Gasteiger partial charge in [-0.3, -0.25) is 4.98 Å². The quantitative estimate of drug-likeness (QED) is 0.577. The van der Waals surface area contributed by atoms with Crippen molar-refractivity contribution in [2.75, 3.05) is 6.61 Å². The van der Waals surface area contributed by atoms with Crippen LogP contribution in [-0.2, 0) is 11.2 Å². The van der Waals surface area contributed by atoms with Crippen LogP contribution in [0.4, 0.5) is 0 Å². The number of hydrogen-bond donors (Lipinski definition) is 4. The average Bonchev–Trinajstić information content (AvgIpc) is 2.56. The van der Waals surface area contributed by atoms with Gasteiger partial charge in [0.15, 0.2) is 5.60 Å². The molecule has 7 nitrogen and oxygen atoms in total. The molecule has 0 saturated heterocycles. The minimum Gasteiger partial charge on any atom is -0.490 e. The van der Waals surface area contributed by atoms with Crippen molar-refractivity contribution < 1.29 is 24.9 Å². The molecule has 1 aromatic heterocycles. The second-order valence-corrected chi connectivity index (χ2v) is 6.68. The third-order valence-corrected chi connectivity index (χ3v) is 4.68. The number of aliphatic hydroxyl groups is 2. The number of nitrogens with two attached hydrogens (primary N) is 1. The Labute approximate surface area is 141 Å². The molecule has 2 atom stereocenters. The Morgan fingerprint density at radius 2 is 2.12 bits per heavy atom. The molecular weight excluding hydrogens is 312 g/mol. The molecule has 0 aliphatic heterocycles. The van der Waals surface area contributed by atoms with Crippen molar-refractivity contribution in [2.45, 2.75) is 56.8 Å². The zero-order valence-electron chi connectivity index (χ0n) is 13.9. The first-order valence-electron chi connectivity index (χ1n) is 8.29. The summed E-state index contributed by atoms with van der Waals surface area (Å²) in [6, 6.07) is 2.03. The number of aliphatic hydroxyl groups excluding tert-OH is 1. The average molecular weight is 338 g/mol. The molecule has 24 heavy (non-hydrogen) atoms. The number of ether oxygens (including phenoxy) is 1. The first kappa shape index (κ1) is 18.6. The van der Waals surface area contributed by atoms with E-state index in [0.29, 0.717) is 11.4 Å². The molecule has 1 saturated carbocycles. The maximum Gasteiger partial charge on any atom is 0.337 e. The van der Waals surface area contributed by atoms with E-state index in [0.717, 1.165) is 31.6 Å². The second-order valence-electron chi connectivity index (χ2n) is 6.68. The van der Waals surface area contributed by atoms with Gasteiger partial charge in [0.2, 0.25) is 0 Å². The standard InChI is InChI=1S/C17H26N2O5/c1-11-2-4-13(5-3-11)24-14-6-7-19-12(8-14)9-17(23,16(21)22)15(18)10-20/h6-8,11,13,15,20,23H,2-5,9-10,18H2,1H3,(H,21,22)/t11?,13?,15-,17+/m0/s1. The number of hydrogen-bond acceptors (Lipinski definition) is 6. The summed E-state index contributed by atoms with van der Waals surface area (Å²) >= 11 is 0. The number of aliphatic carboxylic acids is 1. The summed E-state index contributed by atoms with van der Waals surface area (Å²) in [5.74, 6) is -0.160. The van der Waals surface area contributed by atoms with Gasteiger partial charge in [-0.2, -0.15) is 0 Å². The fourth-order valence-electron chi connectivity index (χ4n) is 2.96. The van der Waals surface area contributed by atoms with Crippen LogP contribution in [0.1, 0.15) is 38.3 Å². The largest absolute Gasteiger partial charge is 0.490 e. The lowest BCUT2D eigenvalue weighted by Gasteiger charge is -2.29. The molecule has 1 aromatic rings. The molecule has 2 rings (SSSR count). The van der Waals surface area contributed by atoms with Gasteiger partial charge in [-0.05, 0) is 37.7 Å². The predicted octanol–water partition coefficient (Wildman–Crippen LogP) is 0.717. The summed E-state index contributed by atoms with van der Waals surface area (Å²) in [7, 11) is 0. The van der Waals surface area contributed by atoms with Gasteiger partial charge < -0.3 is 25.8 Å². The smallest absolute Gasteiger partial charge is 0.337 e. The molecule has 0 bridgehead atoms. The van der Waals surface area contributed by atoms with E-state index in [2.05, 4.69) is 11.9 Å². The Bertz CT molecular complexity index is 560. The molecule has 0 aromatic carbocycles. The summed E-state index contributed by atoms with van der Waals surface area (Å²) in [6.07, 6.45) is 5.61. The van der Waals surface area contributed by atoms with Crippen molar-refractivity contribution >= 4 is 5.97 Å². The highest BCUT2D eigenvalue weighted by atomic mass is 16.5. The molecule has 1 heterocycles. The number of aromatic nitrogens is 1.